The molecule has 1 saturated heterocycles. The molecular weight excluding hydrogens is 417 g/mol. The van der Waals surface area contributed by atoms with Gasteiger partial charge in [-0.3, -0.25) is 19.8 Å². The summed E-state index contributed by atoms with van der Waals surface area (Å²) in [5.41, 5.74) is 4.02. The Kier molecular flexibility index (Phi) is 6.48. The molecule has 1 unspecified atom stereocenters. The van der Waals surface area contributed by atoms with E-state index >= 15 is 0 Å². The van der Waals surface area contributed by atoms with E-state index in [0.717, 1.165) is 74.1 Å². The zero-order valence-electron chi connectivity index (χ0n) is 18.8. The number of halogens is 1. The molecule has 0 bridgehead atoms. The standard InChI is InChI=1S/C26H30FN5O/c27-23-10-8-20(9-11-23)25-22(15-29-30-25)17-31-13-3-7-24(18-31)32(26(33)21-5-1-6-21)16-19-4-2-12-28-14-19/h2,4,8-12,14-15,21,24H,1,3,5-7,13,16-18H2,(H,29,30). The zero-order valence-corrected chi connectivity index (χ0v) is 18.8. The van der Waals surface area contributed by atoms with Gasteiger partial charge in [0.05, 0.1) is 11.9 Å². The Morgan fingerprint density at radius 1 is 1.12 bits per heavy atom. The first-order valence-electron chi connectivity index (χ1n) is 11.9. The van der Waals surface area contributed by atoms with Crippen LogP contribution in [0.4, 0.5) is 4.39 Å². The molecule has 1 aliphatic heterocycles. The molecule has 2 aliphatic rings. The van der Waals surface area contributed by atoms with E-state index in [4.69, 9.17) is 0 Å². The molecule has 2 fully saturated rings. The molecule has 0 spiro atoms. The lowest BCUT2D eigenvalue weighted by atomic mass is 9.83. The van der Waals surface area contributed by atoms with Crippen LogP contribution in [0.15, 0.2) is 55.0 Å². The summed E-state index contributed by atoms with van der Waals surface area (Å²) in [7, 11) is 0. The predicted molar refractivity (Wildman–Crippen MR) is 124 cm³/mol. The van der Waals surface area contributed by atoms with Crippen LogP contribution >= 0.6 is 0 Å². The van der Waals surface area contributed by atoms with Crippen molar-refractivity contribution in [3.05, 3.63) is 71.9 Å². The van der Waals surface area contributed by atoms with Gasteiger partial charge < -0.3 is 4.90 Å². The SMILES string of the molecule is O=C(C1CCC1)N(Cc1cccnc1)C1CCCN(Cc2cn[nH]c2-c2ccc(F)cc2)C1. The van der Waals surface area contributed by atoms with E-state index in [1.807, 2.05) is 18.5 Å². The van der Waals surface area contributed by atoms with E-state index < -0.39 is 0 Å². The number of aromatic nitrogens is 3. The molecule has 1 amide bonds. The van der Waals surface area contributed by atoms with Gasteiger partial charge in [-0.15, -0.1) is 0 Å². The number of piperidine rings is 1. The van der Waals surface area contributed by atoms with Crippen LogP contribution in [0.1, 0.15) is 43.2 Å². The fourth-order valence-corrected chi connectivity index (χ4v) is 4.93. The summed E-state index contributed by atoms with van der Waals surface area (Å²) in [6.45, 7) is 3.20. The first-order chi connectivity index (χ1) is 16.2. The second kappa shape index (κ2) is 9.83. The van der Waals surface area contributed by atoms with Crippen LogP contribution in [-0.2, 0) is 17.9 Å². The van der Waals surface area contributed by atoms with E-state index in [0.29, 0.717) is 12.5 Å². The van der Waals surface area contributed by atoms with Gasteiger partial charge in [0.1, 0.15) is 5.82 Å². The Morgan fingerprint density at radius 3 is 2.70 bits per heavy atom. The molecule has 7 heteroatoms. The molecule has 6 nitrogen and oxygen atoms in total. The number of carbonyl (C=O) groups excluding carboxylic acids is 1. The summed E-state index contributed by atoms with van der Waals surface area (Å²) >= 11 is 0. The molecule has 2 aromatic heterocycles. The molecule has 1 aliphatic carbocycles. The van der Waals surface area contributed by atoms with Gasteiger partial charge >= 0.3 is 0 Å². The summed E-state index contributed by atoms with van der Waals surface area (Å²) in [5, 5.41) is 7.33. The number of hydrogen-bond donors (Lipinski definition) is 1. The number of hydrogen-bond acceptors (Lipinski definition) is 4. The number of benzene rings is 1. The largest absolute Gasteiger partial charge is 0.334 e. The highest BCUT2D eigenvalue weighted by Gasteiger charge is 2.35. The highest BCUT2D eigenvalue weighted by Crippen LogP contribution is 2.31. The first kappa shape index (κ1) is 21.8. The lowest BCUT2D eigenvalue weighted by Crippen LogP contribution is -2.51. The van der Waals surface area contributed by atoms with Gasteiger partial charge in [0.2, 0.25) is 5.91 Å². The van der Waals surface area contributed by atoms with Crippen LogP contribution in [0.25, 0.3) is 11.3 Å². The monoisotopic (exact) mass is 447 g/mol. The molecule has 1 N–H and O–H groups in total. The van der Waals surface area contributed by atoms with Crippen LogP contribution < -0.4 is 0 Å². The van der Waals surface area contributed by atoms with E-state index in [2.05, 4.69) is 31.0 Å². The van der Waals surface area contributed by atoms with Crippen molar-refractivity contribution in [2.45, 2.75) is 51.2 Å². The zero-order chi connectivity index (χ0) is 22.6. The second-order valence-corrected chi connectivity index (χ2v) is 9.26. The van der Waals surface area contributed by atoms with Gasteiger partial charge in [0.15, 0.2) is 0 Å². The Balaban J connectivity index is 1.31. The molecule has 1 aromatic carbocycles. The first-order valence-corrected chi connectivity index (χ1v) is 11.9. The minimum Gasteiger partial charge on any atom is -0.334 e. The maximum Gasteiger partial charge on any atom is 0.226 e. The molecule has 5 rings (SSSR count). The van der Waals surface area contributed by atoms with E-state index in [1.165, 1.54) is 12.1 Å². The van der Waals surface area contributed by atoms with E-state index in [1.54, 1.807) is 18.3 Å². The fraction of sp³-hybridized carbons (Fsp3) is 0.423. The molecular formula is C26H30FN5O. The number of H-pyrrole nitrogens is 1. The van der Waals surface area contributed by atoms with Crippen LogP contribution in [0.5, 0.6) is 0 Å². The summed E-state index contributed by atoms with van der Waals surface area (Å²) in [4.78, 5) is 22.1. The van der Waals surface area contributed by atoms with E-state index in [-0.39, 0.29) is 17.8 Å². The minimum absolute atomic E-state index is 0.177. The smallest absolute Gasteiger partial charge is 0.226 e. The van der Waals surface area contributed by atoms with Gasteiger partial charge in [-0.25, -0.2) is 4.39 Å². The summed E-state index contributed by atoms with van der Waals surface area (Å²) in [6.07, 6.45) is 10.7. The predicted octanol–water partition coefficient (Wildman–Crippen LogP) is 4.40. The quantitative estimate of drug-likeness (QED) is 0.583. The molecule has 172 valence electrons. The number of carbonyl (C=O) groups is 1. The topological polar surface area (TPSA) is 65.1 Å². The van der Waals surface area contributed by atoms with Crippen LogP contribution in [-0.4, -0.2) is 50.0 Å². The third-order valence-electron chi connectivity index (χ3n) is 6.98. The Bertz CT molecular complexity index is 1060. The molecule has 3 aromatic rings. The van der Waals surface area contributed by atoms with Crippen LogP contribution in [0.2, 0.25) is 0 Å². The lowest BCUT2D eigenvalue weighted by Gasteiger charge is -2.42. The van der Waals surface area contributed by atoms with Crippen molar-refractivity contribution in [3.63, 3.8) is 0 Å². The maximum absolute atomic E-state index is 13.4. The molecule has 0 radical (unpaired) electrons. The number of nitrogens with zero attached hydrogens (tertiary/aromatic N) is 4. The Morgan fingerprint density at radius 2 is 1.97 bits per heavy atom. The number of pyridine rings is 1. The minimum atomic E-state index is -0.247. The average Bonchev–Trinajstić information content (AvgIpc) is 3.25. The molecule has 1 atom stereocenters. The molecule has 3 heterocycles. The number of aromatic amines is 1. The number of nitrogens with one attached hydrogen (secondary N) is 1. The second-order valence-electron chi connectivity index (χ2n) is 9.26. The number of amides is 1. The van der Waals surface area contributed by atoms with Gasteiger partial charge in [-0.05, 0) is 68.1 Å². The van der Waals surface area contributed by atoms with Gasteiger partial charge in [-0.2, -0.15) is 5.10 Å². The van der Waals surface area contributed by atoms with Gasteiger partial charge in [-0.1, -0.05) is 12.5 Å². The van der Waals surface area contributed by atoms with Gasteiger partial charge in [0.25, 0.3) is 0 Å². The normalized spacial score (nSPS) is 19.2. The van der Waals surface area contributed by atoms with E-state index in [9.17, 15) is 9.18 Å². The van der Waals surface area contributed by atoms with Crippen molar-refractivity contribution >= 4 is 5.91 Å². The van der Waals surface area contributed by atoms with Crippen molar-refractivity contribution in [2.24, 2.45) is 5.92 Å². The van der Waals surface area contributed by atoms with Gasteiger partial charge in [0, 0.05) is 55.1 Å². The third-order valence-corrected chi connectivity index (χ3v) is 6.98. The van der Waals surface area contributed by atoms with Crippen molar-refractivity contribution in [2.75, 3.05) is 13.1 Å². The van der Waals surface area contributed by atoms with Crippen molar-refractivity contribution in [1.29, 1.82) is 0 Å². The van der Waals surface area contributed by atoms with Crippen molar-refractivity contribution in [3.8, 4) is 11.3 Å². The lowest BCUT2D eigenvalue weighted by molar-refractivity contribution is -0.142. The molecule has 33 heavy (non-hydrogen) atoms. The van der Waals surface area contributed by atoms with Crippen LogP contribution in [0.3, 0.4) is 0 Å². The van der Waals surface area contributed by atoms with Crippen LogP contribution in [0, 0.1) is 11.7 Å². The van der Waals surface area contributed by atoms with Crippen molar-refractivity contribution in [1.82, 2.24) is 25.0 Å². The maximum atomic E-state index is 13.4. The molecule has 1 saturated carbocycles. The number of rotatable bonds is 7. The Hall–Kier alpha value is -3.06. The average molecular weight is 448 g/mol. The summed E-state index contributed by atoms with van der Waals surface area (Å²) in [6, 6.07) is 10.7. The summed E-state index contributed by atoms with van der Waals surface area (Å²) < 4.78 is 13.4. The summed E-state index contributed by atoms with van der Waals surface area (Å²) in [5.74, 6) is 0.229. The highest BCUT2D eigenvalue weighted by molar-refractivity contribution is 5.80. The third kappa shape index (κ3) is 4.98. The fourth-order valence-electron chi connectivity index (χ4n) is 4.93. The Labute approximate surface area is 193 Å². The highest BCUT2D eigenvalue weighted by atomic mass is 19.1. The van der Waals surface area contributed by atoms with Crippen molar-refractivity contribution < 1.29 is 9.18 Å². The number of likely N-dealkylation sites (tertiary alicyclic amines) is 1.